The van der Waals surface area contributed by atoms with E-state index in [1.54, 1.807) is 0 Å². The van der Waals surface area contributed by atoms with Gasteiger partial charge in [0.2, 0.25) is 0 Å². The van der Waals surface area contributed by atoms with Crippen molar-refractivity contribution >= 4 is 5.78 Å². The van der Waals surface area contributed by atoms with E-state index >= 15 is 0 Å². The van der Waals surface area contributed by atoms with E-state index < -0.39 is 0 Å². The summed E-state index contributed by atoms with van der Waals surface area (Å²) in [4.78, 5) is 12.0. The summed E-state index contributed by atoms with van der Waals surface area (Å²) in [6.07, 6.45) is 2.01. The number of rotatable bonds is 2. The lowest BCUT2D eigenvalue weighted by Gasteiger charge is -2.17. The molecule has 1 aromatic rings. The highest BCUT2D eigenvalue weighted by molar-refractivity contribution is 6.08. The van der Waals surface area contributed by atoms with Gasteiger partial charge < -0.3 is 4.74 Å². The average molecular weight is 202 g/mol. The number of ketones is 1. The summed E-state index contributed by atoms with van der Waals surface area (Å²) in [5.74, 6) is 0.420. The number of Topliss-reactive ketones (excluding diaryl/α,β-unsaturated/α-hetero) is 1. The zero-order valence-electron chi connectivity index (χ0n) is 8.77. The fourth-order valence-corrected chi connectivity index (χ4v) is 1.71. The van der Waals surface area contributed by atoms with Gasteiger partial charge in [0.15, 0.2) is 5.78 Å². The molecule has 0 N–H and O–H groups in total. The zero-order valence-corrected chi connectivity index (χ0v) is 8.77. The molecule has 1 unspecified atom stereocenters. The lowest BCUT2D eigenvalue weighted by molar-refractivity contribution is 0.0923. The van der Waals surface area contributed by atoms with Crippen LogP contribution in [0.25, 0.3) is 0 Å². The molecule has 1 heterocycles. The number of benzene rings is 1. The topological polar surface area (TPSA) is 26.3 Å². The Hall–Kier alpha value is -1.41. The van der Waals surface area contributed by atoms with Crippen LogP contribution < -0.4 is 0 Å². The molecule has 78 valence electrons. The number of ether oxygens (including phenoxy) is 1. The Bertz CT molecular complexity index is 379. The summed E-state index contributed by atoms with van der Waals surface area (Å²) in [6.45, 7) is 3.21. The molecule has 0 aromatic heterocycles. The van der Waals surface area contributed by atoms with Crippen molar-refractivity contribution in [3.8, 4) is 0 Å². The van der Waals surface area contributed by atoms with Crippen LogP contribution in [0.1, 0.15) is 17.3 Å². The van der Waals surface area contributed by atoms with Gasteiger partial charge in [-0.05, 0) is 5.92 Å². The first-order chi connectivity index (χ1) is 7.27. The van der Waals surface area contributed by atoms with E-state index in [1.807, 2.05) is 36.4 Å². The third kappa shape index (κ3) is 2.34. The Morgan fingerprint density at radius 2 is 2.07 bits per heavy atom. The van der Waals surface area contributed by atoms with Gasteiger partial charge in [0.1, 0.15) is 0 Å². The smallest absolute Gasteiger partial charge is 0.191 e. The highest BCUT2D eigenvalue weighted by Gasteiger charge is 2.17. The van der Waals surface area contributed by atoms with Gasteiger partial charge in [0.05, 0.1) is 13.2 Å². The van der Waals surface area contributed by atoms with E-state index in [9.17, 15) is 4.79 Å². The second kappa shape index (κ2) is 4.41. The molecule has 2 nitrogen and oxygen atoms in total. The first kappa shape index (κ1) is 10.1. The molecule has 0 bridgehead atoms. The average Bonchev–Trinajstić information content (AvgIpc) is 2.29. The molecule has 1 aromatic carbocycles. The maximum atomic E-state index is 12.0. The van der Waals surface area contributed by atoms with Crippen LogP contribution in [0.4, 0.5) is 0 Å². The van der Waals surface area contributed by atoms with Crippen molar-refractivity contribution in [1.29, 1.82) is 0 Å². The SMILES string of the molecule is CC1C=C(C(=O)c2ccccc2)COC1. The summed E-state index contributed by atoms with van der Waals surface area (Å²) in [6, 6.07) is 9.33. The first-order valence-electron chi connectivity index (χ1n) is 5.15. The third-order valence-electron chi connectivity index (χ3n) is 2.45. The summed E-state index contributed by atoms with van der Waals surface area (Å²) in [5.41, 5.74) is 1.52. The van der Waals surface area contributed by atoms with Gasteiger partial charge in [0.25, 0.3) is 0 Å². The van der Waals surface area contributed by atoms with E-state index in [0.717, 1.165) is 11.1 Å². The third-order valence-corrected chi connectivity index (χ3v) is 2.45. The van der Waals surface area contributed by atoms with Crippen LogP contribution in [0.5, 0.6) is 0 Å². The van der Waals surface area contributed by atoms with Crippen LogP contribution in [0.3, 0.4) is 0 Å². The van der Waals surface area contributed by atoms with Crippen molar-refractivity contribution in [3.63, 3.8) is 0 Å². The molecule has 0 radical (unpaired) electrons. The fraction of sp³-hybridized carbons (Fsp3) is 0.308. The molecule has 0 saturated heterocycles. The number of carbonyl (C=O) groups is 1. The molecule has 1 atom stereocenters. The van der Waals surface area contributed by atoms with Crippen LogP contribution in [-0.2, 0) is 4.74 Å². The Balaban J connectivity index is 2.22. The van der Waals surface area contributed by atoms with Crippen molar-refractivity contribution in [1.82, 2.24) is 0 Å². The molecule has 2 heteroatoms. The van der Waals surface area contributed by atoms with Gasteiger partial charge in [-0.15, -0.1) is 0 Å². The van der Waals surface area contributed by atoms with Crippen molar-refractivity contribution < 1.29 is 9.53 Å². The van der Waals surface area contributed by atoms with Crippen LogP contribution >= 0.6 is 0 Å². The summed E-state index contributed by atoms with van der Waals surface area (Å²) >= 11 is 0. The molecule has 0 saturated carbocycles. The number of hydrogen-bond acceptors (Lipinski definition) is 2. The van der Waals surface area contributed by atoms with E-state index in [0.29, 0.717) is 19.1 Å². The molecule has 2 rings (SSSR count). The van der Waals surface area contributed by atoms with Crippen molar-refractivity contribution in [2.24, 2.45) is 5.92 Å². The van der Waals surface area contributed by atoms with E-state index in [1.165, 1.54) is 0 Å². The van der Waals surface area contributed by atoms with Crippen LogP contribution in [0.2, 0.25) is 0 Å². The predicted octanol–water partition coefficient (Wildman–Crippen LogP) is 2.46. The lowest BCUT2D eigenvalue weighted by Crippen LogP contribution is -2.19. The molecular weight excluding hydrogens is 188 g/mol. The Morgan fingerprint density at radius 1 is 1.33 bits per heavy atom. The van der Waals surface area contributed by atoms with Crippen molar-refractivity contribution in [2.75, 3.05) is 13.2 Å². The minimum Gasteiger partial charge on any atom is -0.376 e. The highest BCUT2D eigenvalue weighted by Crippen LogP contribution is 2.16. The van der Waals surface area contributed by atoms with E-state index in [4.69, 9.17) is 4.74 Å². The normalized spacial score (nSPS) is 20.9. The van der Waals surface area contributed by atoms with E-state index in [-0.39, 0.29) is 5.78 Å². The van der Waals surface area contributed by atoms with Gasteiger partial charge in [-0.3, -0.25) is 4.79 Å². The van der Waals surface area contributed by atoms with Crippen molar-refractivity contribution in [3.05, 3.63) is 47.5 Å². The maximum Gasteiger partial charge on any atom is 0.191 e. The Kier molecular flexibility index (Phi) is 2.97. The molecule has 0 aliphatic carbocycles. The number of hydrogen-bond donors (Lipinski definition) is 0. The van der Waals surface area contributed by atoms with Crippen LogP contribution in [0.15, 0.2) is 42.0 Å². The molecule has 1 aliphatic rings. The quantitative estimate of drug-likeness (QED) is 0.688. The van der Waals surface area contributed by atoms with Gasteiger partial charge in [0, 0.05) is 11.1 Å². The summed E-state index contributed by atoms with van der Waals surface area (Å²) in [7, 11) is 0. The number of carbonyl (C=O) groups excluding carboxylic acids is 1. The van der Waals surface area contributed by atoms with Gasteiger partial charge in [-0.1, -0.05) is 43.3 Å². The Morgan fingerprint density at radius 3 is 2.73 bits per heavy atom. The first-order valence-corrected chi connectivity index (χ1v) is 5.15. The maximum absolute atomic E-state index is 12.0. The van der Waals surface area contributed by atoms with Crippen molar-refractivity contribution in [2.45, 2.75) is 6.92 Å². The predicted molar refractivity (Wildman–Crippen MR) is 58.8 cm³/mol. The molecule has 0 spiro atoms. The van der Waals surface area contributed by atoms with Gasteiger partial charge in [-0.25, -0.2) is 0 Å². The standard InChI is InChI=1S/C13H14O2/c1-10-7-12(9-15-8-10)13(14)11-5-3-2-4-6-11/h2-7,10H,8-9H2,1H3. The van der Waals surface area contributed by atoms with Gasteiger partial charge >= 0.3 is 0 Å². The van der Waals surface area contributed by atoms with Crippen LogP contribution in [0, 0.1) is 5.92 Å². The largest absolute Gasteiger partial charge is 0.376 e. The summed E-state index contributed by atoms with van der Waals surface area (Å²) < 4.78 is 5.35. The van der Waals surface area contributed by atoms with E-state index in [2.05, 4.69) is 6.92 Å². The summed E-state index contributed by atoms with van der Waals surface area (Å²) in [5, 5.41) is 0. The zero-order chi connectivity index (χ0) is 10.7. The Labute approximate surface area is 89.6 Å². The molecular formula is C13H14O2. The second-order valence-electron chi connectivity index (χ2n) is 3.88. The lowest BCUT2D eigenvalue weighted by atomic mass is 9.99. The molecule has 0 amide bonds. The minimum atomic E-state index is 0.0853. The van der Waals surface area contributed by atoms with Crippen LogP contribution in [-0.4, -0.2) is 19.0 Å². The molecule has 1 aliphatic heterocycles. The molecule has 0 fully saturated rings. The molecule has 15 heavy (non-hydrogen) atoms. The fourth-order valence-electron chi connectivity index (χ4n) is 1.71. The van der Waals surface area contributed by atoms with Gasteiger partial charge in [-0.2, -0.15) is 0 Å². The minimum absolute atomic E-state index is 0.0853. The monoisotopic (exact) mass is 202 g/mol. The highest BCUT2D eigenvalue weighted by atomic mass is 16.5. The second-order valence-corrected chi connectivity index (χ2v) is 3.88.